The van der Waals surface area contributed by atoms with Crippen molar-refractivity contribution < 1.29 is 0 Å². The van der Waals surface area contributed by atoms with E-state index >= 15 is 0 Å². The van der Waals surface area contributed by atoms with Crippen LogP contribution in [0.15, 0.2) is 47.4 Å². The Kier molecular flexibility index (Phi) is 3.32. The van der Waals surface area contributed by atoms with E-state index in [0.29, 0.717) is 16.6 Å². The molecule has 0 radical (unpaired) electrons. The molecule has 0 unspecified atom stereocenters. The highest BCUT2D eigenvalue weighted by atomic mass is 35.5. The van der Waals surface area contributed by atoms with Crippen LogP contribution in [0.1, 0.15) is 5.56 Å². The summed E-state index contributed by atoms with van der Waals surface area (Å²) in [7, 11) is 0. The average Bonchev–Trinajstić information content (AvgIpc) is 2.27. The number of benzene rings is 1. The number of halogens is 2. The second-order valence-corrected chi connectivity index (χ2v) is 4.25. The Hall–Kier alpha value is -1.25. The molecule has 0 N–H and O–H groups in total. The minimum atomic E-state index is -0.0569. The van der Waals surface area contributed by atoms with Gasteiger partial charge in [-0.25, -0.2) is 0 Å². The van der Waals surface area contributed by atoms with Gasteiger partial charge in [-0.2, -0.15) is 0 Å². The molecule has 0 aliphatic heterocycles. The van der Waals surface area contributed by atoms with Gasteiger partial charge >= 0.3 is 0 Å². The van der Waals surface area contributed by atoms with Crippen molar-refractivity contribution in [3.63, 3.8) is 0 Å². The van der Waals surface area contributed by atoms with Crippen LogP contribution in [-0.4, -0.2) is 4.57 Å². The van der Waals surface area contributed by atoms with Crippen molar-refractivity contribution in [1.29, 1.82) is 0 Å². The van der Waals surface area contributed by atoms with Crippen molar-refractivity contribution in [2.24, 2.45) is 0 Å². The van der Waals surface area contributed by atoms with Crippen LogP contribution in [0.2, 0.25) is 10.0 Å². The van der Waals surface area contributed by atoms with E-state index in [4.69, 9.17) is 23.2 Å². The third-order valence-corrected chi connectivity index (χ3v) is 2.85. The average molecular weight is 254 g/mol. The second kappa shape index (κ2) is 4.73. The van der Waals surface area contributed by atoms with Crippen LogP contribution in [0, 0.1) is 0 Å². The summed E-state index contributed by atoms with van der Waals surface area (Å²) in [6.45, 7) is 0.430. The maximum Gasteiger partial charge on any atom is 0.250 e. The van der Waals surface area contributed by atoms with E-state index in [-0.39, 0.29) is 5.56 Å². The first-order valence-corrected chi connectivity index (χ1v) is 5.52. The smallest absolute Gasteiger partial charge is 0.250 e. The summed E-state index contributed by atoms with van der Waals surface area (Å²) in [6.07, 6.45) is 1.72. The molecule has 2 nitrogen and oxygen atoms in total. The number of nitrogens with zero attached hydrogens (tertiary/aromatic N) is 1. The molecular formula is C12H9Cl2NO. The monoisotopic (exact) mass is 253 g/mol. The fourth-order valence-electron chi connectivity index (χ4n) is 1.44. The van der Waals surface area contributed by atoms with Crippen molar-refractivity contribution in [1.82, 2.24) is 4.57 Å². The second-order valence-electron chi connectivity index (χ2n) is 3.40. The lowest BCUT2D eigenvalue weighted by Gasteiger charge is -2.07. The van der Waals surface area contributed by atoms with Crippen LogP contribution in [0.5, 0.6) is 0 Å². The fraction of sp³-hybridized carbons (Fsp3) is 0.0833. The maximum atomic E-state index is 11.5. The molecule has 0 atom stereocenters. The molecular weight excluding hydrogens is 245 g/mol. The standard InChI is InChI=1S/C12H9Cl2NO/c13-10-4-5-11(14)9(7-10)8-15-6-2-1-3-12(15)16/h1-7H,8H2. The lowest BCUT2D eigenvalue weighted by Crippen LogP contribution is -2.18. The molecule has 82 valence electrons. The van der Waals surface area contributed by atoms with Crippen LogP contribution >= 0.6 is 23.2 Å². The topological polar surface area (TPSA) is 22.0 Å². The summed E-state index contributed by atoms with van der Waals surface area (Å²) < 4.78 is 1.58. The van der Waals surface area contributed by atoms with E-state index in [9.17, 15) is 4.79 Å². The molecule has 0 saturated carbocycles. The van der Waals surface area contributed by atoms with Crippen molar-refractivity contribution in [3.05, 3.63) is 68.6 Å². The predicted octanol–water partition coefficient (Wildman–Crippen LogP) is 3.20. The summed E-state index contributed by atoms with van der Waals surface area (Å²) >= 11 is 11.9. The Morgan fingerprint density at radius 2 is 1.94 bits per heavy atom. The summed E-state index contributed by atoms with van der Waals surface area (Å²) in [4.78, 5) is 11.5. The minimum absolute atomic E-state index is 0.0569. The van der Waals surface area contributed by atoms with Gasteiger partial charge in [-0.3, -0.25) is 4.79 Å². The van der Waals surface area contributed by atoms with Gasteiger partial charge in [0.1, 0.15) is 0 Å². The Morgan fingerprint density at radius 1 is 1.12 bits per heavy atom. The van der Waals surface area contributed by atoms with Crippen LogP contribution in [0.4, 0.5) is 0 Å². The van der Waals surface area contributed by atoms with Gasteiger partial charge in [0, 0.05) is 22.3 Å². The van der Waals surface area contributed by atoms with E-state index in [1.165, 1.54) is 6.07 Å². The summed E-state index contributed by atoms with van der Waals surface area (Å²) in [5.74, 6) is 0. The van der Waals surface area contributed by atoms with E-state index < -0.39 is 0 Å². The van der Waals surface area contributed by atoms with Gasteiger partial charge in [0.15, 0.2) is 0 Å². The summed E-state index contributed by atoms with van der Waals surface area (Å²) in [6, 6.07) is 10.2. The van der Waals surface area contributed by atoms with E-state index in [1.807, 2.05) is 0 Å². The number of aromatic nitrogens is 1. The van der Waals surface area contributed by atoms with Crippen molar-refractivity contribution in [3.8, 4) is 0 Å². The zero-order chi connectivity index (χ0) is 11.5. The molecule has 4 heteroatoms. The van der Waals surface area contributed by atoms with E-state index in [0.717, 1.165) is 5.56 Å². The van der Waals surface area contributed by atoms with Gasteiger partial charge in [0.25, 0.3) is 5.56 Å². The number of hydrogen-bond acceptors (Lipinski definition) is 1. The zero-order valence-electron chi connectivity index (χ0n) is 8.36. The number of pyridine rings is 1. The van der Waals surface area contributed by atoms with Crippen molar-refractivity contribution in [2.45, 2.75) is 6.54 Å². The van der Waals surface area contributed by atoms with Crippen molar-refractivity contribution in [2.75, 3.05) is 0 Å². The molecule has 0 aliphatic carbocycles. The summed E-state index contributed by atoms with van der Waals surface area (Å²) in [5.41, 5.74) is 0.779. The predicted molar refractivity (Wildman–Crippen MR) is 66.3 cm³/mol. The van der Waals surface area contributed by atoms with E-state index in [2.05, 4.69) is 0 Å². The third-order valence-electron chi connectivity index (χ3n) is 2.25. The molecule has 2 aromatic rings. The quantitative estimate of drug-likeness (QED) is 0.806. The Morgan fingerprint density at radius 3 is 2.69 bits per heavy atom. The first-order chi connectivity index (χ1) is 7.66. The largest absolute Gasteiger partial charge is 0.311 e. The summed E-state index contributed by atoms with van der Waals surface area (Å²) in [5, 5.41) is 1.23. The van der Waals surface area contributed by atoms with Gasteiger partial charge in [-0.15, -0.1) is 0 Å². The van der Waals surface area contributed by atoms with Crippen molar-refractivity contribution >= 4 is 23.2 Å². The van der Waals surface area contributed by atoms with Gasteiger partial charge in [-0.05, 0) is 29.8 Å². The van der Waals surface area contributed by atoms with Crippen LogP contribution in [0.25, 0.3) is 0 Å². The molecule has 1 aromatic heterocycles. The van der Waals surface area contributed by atoms with Gasteiger partial charge < -0.3 is 4.57 Å². The lowest BCUT2D eigenvalue weighted by molar-refractivity contribution is 0.760. The molecule has 2 rings (SSSR count). The molecule has 16 heavy (non-hydrogen) atoms. The zero-order valence-corrected chi connectivity index (χ0v) is 9.87. The van der Waals surface area contributed by atoms with Gasteiger partial charge in [0.05, 0.1) is 6.54 Å². The van der Waals surface area contributed by atoms with Crippen LogP contribution in [-0.2, 0) is 6.54 Å². The molecule has 0 aliphatic rings. The van der Waals surface area contributed by atoms with Gasteiger partial charge in [0.2, 0.25) is 0 Å². The Balaban J connectivity index is 2.38. The SMILES string of the molecule is O=c1ccccn1Cc1cc(Cl)ccc1Cl. The van der Waals surface area contributed by atoms with Gasteiger partial charge in [-0.1, -0.05) is 29.3 Å². The molecule has 1 aromatic carbocycles. The number of rotatable bonds is 2. The molecule has 0 fully saturated rings. The maximum absolute atomic E-state index is 11.5. The van der Waals surface area contributed by atoms with Crippen LogP contribution < -0.4 is 5.56 Å². The minimum Gasteiger partial charge on any atom is -0.311 e. The number of hydrogen-bond donors (Lipinski definition) is 0. The molecule has 1 heterocycles. The third kappa shape index (κ3) is 2.46. The van der Waals surface area contributed by atoms with E-state index in [1.54, 1.807) is 41.1 Å². The van der Waals surface area contributed by atoms with Crippen LogP contribution in [0.3, 0.4) is 0 Å². The first-order valence-electron chi connectivity index (χ1n) is 4.76. The highest BCUT2D eigenvalue weighted by molar-refractivity contribution is 6.33. The highest BCUT2D eigenvalue weighted by Crippen LogP contribution is 2.20. The highest BCUT2D eigenvalue weighted by Gasteiger charge is 2.03. The Bertz CT molecular complexity index is 563. The Labute approximate surface area is 103 Å². The molecule has 0 bridgehead atoms. The normalized spacial score (nSPS) is 10.4. The molecule has 0 amide bonds. The molecule has 0 spiro atoms. The first kappa shape index (κ1) is 11.2. The fourth-order valence-corrected chi connectivity index (χ4v) is 1.81. The molecule has 0 saturated heterocycles. The lowest BCUT2D eigenvalue weighted by atomic mass is 10.2.